The van der Waals surface area contributed by atoms with Crippen LogP contribution in [-0.2, 0) is 11.3 Å². The van der Waals surface area contributed by atoms with Crippen molar-refractivity contribution in [2.75, 3.05) is 12.4 Å². The Hall–Kier alpha value is -3.49. The maximum absolute atomic E-state index is 11.6. The molecule has 0 spiro atoms. The van der Waals surface area contributed by atoms with Crippen LogP contribution in [0.25, 0.3) is 0 Å². The van der Waals surface area contributed by atoms with Gasteiger partial charge in [0.05, 0.1) is 22.5 Å². The van der Waals surface area contributed by atoms with Gasteiger partial charge in [-0.05, 0) is 5.56 Å². The number of nitro benzene ring substituents is 2. The maximum Gasteiger partial charge on any atom is 0.338 e. The number of methoxy groups -OCH3 is 1. The van der Waals surface area contributed by atoms with Crippen LogP contribution in [0.5, 0.6) is 0 Å². The molecule has 1 N–H and O–H groups in total. The van der Waals surface area contributed by atoms with Gasteiger partial charge in [-0.2, -0.15) is 0 Å². The fourth-order valence-corrected chi connectivity index (χ4v) is 2.10. The molecule has 0 saturated heterocycles. The lowest BCUT2D eigenvalue weighted by molar-refractivity contribution is -0.392. The van der Waals surface area contributed by atoms with Crippen LogP contribution in [0.3, 0.4) is 0 Å². The van der Waals surface area contributed by atoms with Crippen LogP contribution >= 0.6 is 0 Å². The molecular weight excluding hydrogens is 318 g/mol. The largest absolute Gasteiger partial charge is 0.465 e. The van der Waals surface area contributed by atoms with Crippen molar-refractivity contribution in [2.24, 2.45) is 0 Å². The molecule has 9 nitrogen and oxygen atoms in total. The highest BCUT2D eigenvalue weighted by molar-refractivity contribution is 5.93. The number of nitrogens with one attached hydrogen (secondary N) is 1. The highest BCUT2D eigenvalue weighted by atomic mass is 16.6. The highest BCUT2D eigenvalue weighted by Crippen LogP contribution is 2.36. The summed E-state index contributed by atoms with van der Waals surface area (Å²) in [6.45, 7) is 0.153. The van der Waals surface area contributed by atoms with Crippen LogP contribution in [0.15, 0.2) is 42.5 Å². The Morgan fingerprint density at radius 1 is 1.08 bits per heavy atom. The van der Waals surface area contributed by atoms with E-state index in [2.05, 4.69) is 10.1 Å². The molecule has 124 valence electrons. The molecule has 0 aliphatic rings. The average molecular weight is 331 g/mol. The average Bonchev–Trinajstić information content (AvgIpc) is 2.59. The van der Waals surface area contributed by atoms with E-state index in [-0.39, 0.29) is 17.8 Å². The summed E-state index contributed by atoms with van der Waals surface area (Å²) in [6, 6.07) is 10.8. The van der Waals surface area contributed by atoms with E-state index in [0.717, 1.165) is 24.8 Å². The molecule has 0 unspecified atom stereocenters. The summed E-state index contributed by atoms with van der Waals surface area (Å²) in [6.07, 6.45) is 0. The van der Waals surface area contributed by atoms with Crippen molar-refractivity contribution in [3.63, 3.8) is 0 Å². The first-order chi connectivity index (χ1) is 11.4. The highest BCUT2D eigenvalue weighted by Gasteiger charge is 2.28. The van der Waals surface area contributed by atoms with E-state index in [1.807, 2.05) is 0 Å². The molecule has 24 heavy (non-hydrogen) atoms. The van der Waals surface area contributed by atoms with Gasteiger partial charge in [0.1, 0.15) is 0 Å². The Bertz CT molecular complexity index is 756. The minimum absolute atomic E-state index is 0.153. The first-order valence-electron chi connectivity index (χ1n) is 6.77. The fraction of sp³-hybridized carbons (Fsp3) is 0.133. The number of nitro groups is 2. The molecule has 0 atom stereocenters. The first-order valence-corrected chi connectivity index (χ1v) is 6.77. The first kappa shape index (κ1) is 16.9. The van der Waals surface area contributed by atoms with Crippen LogP contribution in [0.1, 0.15) is 15.9 Å². The number of esters is 1. The molecule has 0 aliphatic heterocycles. The summed E-state index contributed by atoms with van der Waals surface area (Å²) in [5.41, 5.74) is -0.873. The molecule has 2 aromatic carbocycles. The van der Waals surface area contributed by atoms with Gasteiger partial charge < -0.3 is 10.1 Å². The number of hydrogen-bond acceptors (Lipinski definition) is 7. The molecule has 0 heterocycles. The van der Waals surface area contributed by atoms with E-state index in [9.17, 15) is 25.0 Å². The van der Waals surface area contributed by atoms with Gasteiger partial charge in [-0.1, -0.05) is 30.3 Å². The molecule has 0 aliphatic carbocycles. The van der Waals surface area contributed by atoms with Gasteiger partial charge in [0, 0.05) is 18.7 Å². The van der Waals surface area contributed by atoms with Gasteiger partial charge >= 0.3 is 5.97 Å². The number of anilines is 1. The SMILES string of the molecule is COC(=O)c1cc([N+](=O)[O-])c(NCc2ccccc2)c([N+](=O)[O-])c1. The Labute approximate surface area is 136 Å². The number of benzene rings is 2. The Balaban J connectivity index is 2.49. The second kappa shape index (κ2) is 7.18. The number of ether oxygens (including phenoxy) is 1. The predicted octanol–water partition coefficient (Wildman–Crippen LogP) is 2.90. The monoisotopic (exact) mass is 331 g/mol. The van der Waals surface area contributed by atoms with Crippen molar-refractivity contribution in [2.45, 2.75) is 6.54 Å². The lowest BCUT2D eigenvalue weighted by Gasteiger charge is -2.09. The van der Waals surface area contributed by atoms with Crippen LogP contribution in [-0.4, -0.2) is 22.9 Å². The second-order valence-corrected chi connectivity index (χ2v) is 4.73. The van der Waals surface area contributed by atoms with Gasteiger partial charge in [-0.15, -0.1) is 0 Å². The quantitative estimate of drug-likeness (QED) is 0.490. The van der Waals surface area contributed by atoms with E-state index in [1.165, 1.54) is 0 Å². The molecule has 2 rings (SSSR count). The van der Waals surface area contributed by atoms with Crippen molar-refractivity contribution in [3.05, 3.63) is 73.8 Å². The van der Waals surface area contributed by atoms with Crippen LogP contribution in [0, 0.1) is 20.2 Å². The summed E-state index contributed by atoms with van der Waals surface area (Å²) in [4.78, 5) is 32.5. The Kier molecular flexibility index (Phi) is 5.05. The summed E-state index contributed by atoms with van der Waals surface area (Å²) < 4.78 is 4.47. The van der Waals surface area contributed by atoms with E-state index in [1.54, 1.807) is 30.3 Å². The van der Waals surface area contributed by atoms with Gasteiger partial charge in [-0.25, -0.2) is 4.79 Å². The number of carbonyl (C=O) groups is 1. The topological polar surface area (TPSA) is 125 Å². The maximum atomic E-state index is 11.6. The third-order valence-electron chi connectivity index (χ3n) is 3.22. The third-order valence-corrected chi connectivity index (χ3v) is 3.22. The number of rotatable bonds is 6. The summed E-state index contributed by atoms with van der Waals surface area (Å²) >= 11 is 0. The van der Waals surface area contributed by atoms with Gasteiger partial charge in [0.25, 0.3) is 11.4 Å². The zero-order chi connectivity index (χ0) is 17.7. The predicted molar refractivity (Wildman–Crippen MR) is 84.9 cm³/mol. The molecule has 0 aromatic heterocycles. The lowest BCUT2D eigenvalue weighted by atomic mass is 10.1. The van der Waals surface area contributed by atoms with Gasteiger partial charge in [0.15, 0.2) is 5.69 Å². The summed E-state index contributed by atoms with van der Waals surface area (Å²) in [5, 5.41) is 25.2. The standard InChI is InChI=1S/C15H13N3O6/c1-24-15(19)11-7-12(17(20)21)14(13(8-11)18(22)23)16-9-10-5-3-2-4-6-10/h2-8,16H,9H2,1H3. The number of carbonyl (C=O) groups excluding carboxylic acids is 1. The van der Waals surface area contributed by atoms with Crippen molar-refractivity contribution < 1.29 is 19.4 Å². The normalized spacial score (nSPS) is 10.0. The zero-order valence-electron chi connectivity index (χ0n) is 12.6. The molecule has 0 radical (unpaired) electrons. The molecule has 0 amide bonds. The van der Waals surface area contributed by atoms with Crippen LogP contribution < -0.4 is 5.32 Å². The van der Waals surface area contributed by atoms with E-state index < -0.39 is 27.2 Å². The summed E-state index contributed by atoms with van der Waals surface area (Å²) in [7, 11) is 1.08. The molecular formula is C15H13N3O6. The fourth-order valence-electron chi connectivity index (χ4n) is 2.10. The molecule has 9 heteroatoms. The van der Waals surface area contributed by atoms with E-state index >= 15 is 0 Å². The minimum Gasteiger partial charge on any atom is -0.465 e. The van der Waals surface area contributed by atoms with Gasteiger partial charge in [0.2, 0.25) is 0 Å². The number of hydrogen-bond donors (Lipinski definition) is 1. The van der Waals surface area contributed by atoms with Crippen molar-refractivity contribution >= 4 is 23.0 Å². The van der Waals surface area contributed by atoms with Crippen LogP contribution in [0.4, 0.5) is 17.1 Å². The second-order valence-electron chi connectivity index (χ2n) is 4.73. The lowest BCUT2D eigenvalue weighted by Crippen LogP contribution is -2.09. The van der Waals surface area contributed by atoms with Gasteiger partial charge in [-0.3, -0.25) is 20.2 Å². The molecule has 0 saturated carbocycles. The van der Waals surface area contributed by atoms with Crippen molar-refractivity contribution in [1.82, 2.24) is 0 Å². The third kappa shape index (κ3) is 3.64. The zero-order valence-corrected chi connectivity index (χ0v) is 12.6. The minimum atomic E-state index is -0.893. The van der Waals surface area contributed by atoms with E-state index in [0.29, 0.717) is 0 Å². The summed E-state index contributed by atoms with van der Waals surface area (Å²) in [5.74, 6) is -0.893. The molecule has 0 bridgehead atoms. The Morgan fingerprint density at radius 3 is 2.08 bits per heavy atom. The Morgan fingerprint density at radius 2 is 1.62 bits per heavy atom. The smallest absolute Gasteiger partial charge is 0.338 e. The van der Waals surface area contributed by atoms with Crippen molar-refractivity contribution in [1.29, 1.82) is 0 Å². The van der Waals surface area contributed by atoms with Crippen molar-refractivity contribution in [3.8, 4) is 0 Å². The molecule has 2 aromatic rings. The number of nitrogens with zero attached hydrogens (tertiary/aromatic N) is 2. The molecule has 0 fully saturated rings. The van der Waals surface area contributed by atoms with Crippen LogP contribution in [0.2, 0.25) is 0 Å². The van der Waals surface area contributed by atoms with E-state index in [4.69, 9.17) is 0 Å².